The highest BCUT2D eigenvalue weighted by Crippen LogP contribution is 2.25. The predicted octanol–water partition coefficient (Wildman–Crippen LogP) is 5.52. The van der Waals surface area contributed by atoms with Crippen molar-refractivity contribution < 1.29 is 14.3 Å². The van der Waals surface area contributed by atoms with Crippen LogP contribution in [0.4, 0.5) is 0 Å². The molecule has 0 unspecified atom stereocenters. The lowest BCUT2D eigenvalue weighted by molar-refractivity contribution is -0.120. The number of carbonyl (C=O) groups is 2. The summed E-state index contributed by atoms with van der Waals surface area (Å²) in [4.78, 5) is 24.6. The highest BCUT2D eigenvalue weighted by atomic mass is 35.5. The molecule has 2 N–H and O–H groups in total. The largest absolute Gasteiger partial charge is 0.494 e. The van der Waals surface area contributed by atoms with E-state index in [0.29, 0.717) is 28.5 Å². The number of benzene rings is 3. The molecule has 0 atom stereocenters. The summed E-state index contributed by atoms with van der Waals surface area (Å²) in [7, 11) is 0. The quantitative estimate of drug-likeness (QED) is 0.201. The predicted molar refractivity (Wildman–Crippen MR) is 149 cm³/mol. The van der Waals surface area contributed by atoms with Gasteiger partial charge in [0.1, 0.15) is 11.4 Å². The number of carbonyl (C=O) groups excluding carboxylic acids is 2. The van der Waals surface area contributed by atoms with E-state index in [-0.39, 0.29) is 11.6 Å². The maximum absolute atomic E-state index is 12.3. The van der Waals surface area contributed by atoms with Gasteiger partial charge in [0, 0.05) is 22.9 Å². The number of nitrogens with zero attached hydrogens (tertiary/aromatic N) is 3. The van der Waals surface area contributed by atoms with Gasteiger partial charge < -0.3 is 10.1 Å². The minimum Gasteiger partial charge on any atom is -0.494 e. The molecule has 0 saturated carbocycles. The molecule has 0 fully saturated rings. The van der Waals surface area contributed by atoms with Gasteiger partial charge in [0.2, 0.25) is 0 Å². The first-order valence-electron chi connectivity index (χ1n) is 11.9. The van der Waals surface area contributed by atoms with E-state index < -0.39 is 11.8 Å². The van der Waals surface area contributed by atoms with Crippen molar-refractivity contribution in [3.63, 3.8) is 0 Å². The Hall–Kier alpha value is -4.14. The maximum Gasteiger partial charge on any atom is 0.259 e. The van der Waals surface area contributed by atoms with Crippen LogP contribution in [0.1, 0.15) is 29.3 Å². The van der Waals surface area contributed by atoms with Crippen LogP contribution < -0.4 is 15.5 Å². The molecule has 1 aromatic heterocycles. The lowest BCUT2D eigenvalue weighted by Gasteiger charge is -2.06. The number of hydrogen-bond donors (Lipinski definition) is 2. The Morgan fingerprint density at radius 3 is 2.50 bits per heavy atom. The molecule has 4 aromatic rings. The van der Waals surface area contributed by atoms with E-state index in [1.165, 1.54) is 24.4 Å². The third-order valence-corrected chi connectivity index (χ3v) is 6.09. The van der Waals surface area contributed by atoms with E-state index in [1.807, 2.05) is 60.8 Å². The van der Waals surface area contributed by atoms with Gasteiger partial charge in [-0.05, 0) is 61.0 Å². The first-order valence-corrected chi connectivity index (χ1v) is 12.6. The zero-order chi connectivity index (χ0) is 26.9. The van der Waals surface area contributed by atoms with Crippen molar-refractivity contribution in [3.8, 4) is 22.7 Å². The molecule has 4 rings (SSSR count). The Morgan fingerprint density at radius 2 is 1.79 bits per heavy atom. The van der Waals surface area contributed by atoms with Crippen molar-refractivity contribution in [2.24, 2.45) is 5.10 Å². The number of para-hydroxylation sites is 1. The van der Waals surface area contributed by atoms with Gasteiger partial charge in [-0.15, -0.1) is 0 Å². The molecule has 194 valence electrons. The van der Waals surface area contributed by atoms with Crippen LogP contribution in [0, 0.1) is 0 Å². The van der Waals surface area contributed by atoms with Gasteiger partial charge in [0.15, 0.2) is 0 Å². The van der Waals surface area contributed by atoms with E-state index >= 15 is 0 Å². The molecule has 3 aromatic carbocycles. The third kappa shape index (κ3) is 7.00. The number of aromatic nitrogens is 2. The van der Waals surface area contributed by atoms with Gasteiger partial charge in [-0.3, -0.25) is 9.59 Å². The Kier molecular flexibility index (Phi) is 9.13. The normalized spacial score (nSPS) is 10.9. The van der Waals surface area contributed by atoms with Crippen LogP contribution in [0.25, 0.3) is 16.9 Å². The number of hydrogen-bond acceptors (Lipinski definition) is 5. The lowest BCUT2D eigenvalue weighted by Crippen LogP contribution is -2.34. The fourth-order valence-electron chi connectivity index (χ4n) is 3.46. The fraction of sp³-hybridized carbons (Fsp3) is 0.143. The van der Waals surface area contributed by atoms with Crippen molar-refractivity contribution in [1.29, 1.82) is 0 Å². The van der Waals surface area contributed by atoms with Gasteiger partial charge in [-0.1, -0.05) is 48.3 Å². The summed E-state index contributed by atoms with van der Waals surface area (Å²) in [5.74, 6) is -0.173. The van der Waals surface area contributed by atoms with Crippen LogP contribution >= 0.6 is 23.2 Å². The lowest BCUT2D eigenvalue weighted by atomic mass is 10.1. The Morgan fingerprint density at radius 1 is 1.03 bits per heavy atom. The summed E-state index contributed by atoms with van der Waals surface area (Å²) in [6.07, 6.45) is 4.27. The highest BCUT2D eigenvalue weighted by molar-refractivity contribution is 6.42. The summed E-state index contributed by atoms with van der Waals surface area (Å²) >= 11 is 11.8. The van der Waals surface area contributed by atoms with Crippen LogP contribution in [0.5, 0.6) is 5.75 Å². The zero-order valence-electron chi connectivity index (χ0n) is 20.5. The number of hydrazone groups is 1. The average Bonchev–Trinajstić information content (AvgIpc) is 3.37. The molecule has 8 nitrogen and oxygen atoms in total. The van der Waals surface area contributed by atoms with E-state index in [1.54, 1.807) is 4.68 Å². The first kappa shape index (κ1) is 26.9. The second-order valence-corrected chi connectivity index (χ2v) is 9.01. The number of halogens is 2. The number of rotatable bonds is 10. The average molecular weight is 550 g/mol. The van der Waals surface area contributed by atoms with Crippen LogP contribution in [0.2, 0.25) is 10.0 Å². The molecule has 10 heteroatoms. The summed E-state index contributed by atoms with van der Waals surface area (Å²) in [5, 5.41) is 11.9. The molecule has 0 radical (unpaired) electrons. The Labute approximate surface area is 230 Å². The topological polar surface area (TPSA) is 97.6 Å². The summed E-state index contributed by atoms with van der Waals surface area (Å²) < 4.78 is 7.43. The molecular formula is C28H25Cl2N5O3. The maximum atomic E-state index is 12.3. The van der Waals surface area contributed by atoms with Gasteiger partial charge in [-0.2, -0.15) is 10.2 Å². The second kappa shape index (κ2) is 12.9. The summed E-state index contributed by atoms with van der Waals surface area (Å²) in [6, 6.07) is 21.8. The fourth-order valence-corrected chi connectivity index (χ4v) is 3.76. The molecule has 0 spiro atoms. The minimum absolute atomic E-state index is 0.253. The van der Waals surface area contributed by atoms with Crippen LogP contribution in [0.15, 0.2) is 84.1 Å². The molecule has 38 heavy (non-hydrogen) atoms. The van der Waals surface area contributed by atoms with Crippen molar-refractivity contribution >= 4 is 41.2 Å². The third-order valence-electron chi connectivity index (χ3n) is 5.35. The highest BCUT2D eigenvalue weighted by Gasteiger charge is 2.13. The molecule has 0 saturated heterocycles. The monoisotopic (exact) mass is 549 g/mol. The number of nitrogens with one attached hydrogen (secondary N) is 2. The SMILES string of the molecule is CCCOc1ccc(-c2nn(-c3ccccc3)cc2/C=N\NC(=O)CNC(=O)c2ccc(Cl)c(Cl)c2)cc1. The van der Waals surface area contributed by atoms with E-state index in [2.05, 4.69) is 22.8 Å². The Bertz CT molecular complexity index is 1440. The molecular weight excluding hydrogens is 525 g/mol. The summed E-state index contributed by atoms with van der Waals surface area (Å²) in [6.45, 7) is 2.43. The second-order valence-electron chi connectivity index (χ2n) is 8.19. The molecule has 2 amide bonds. The zero-order valence-corrected chi connectivity index (χ0v) is 22.0. The number of amides is 2. The molecule has 0 aliphatic carbocycles. The van der Waals surface area contributed by atoms with Gasteiger partial charge in [0.05, 0.1) is 35.1 Å². The van der Waals surface area contributed by atoms with Gasteiger partial charge >= 0.3 is 0 Å². The smallest absolute Gasteiger partial charge is 0.259 e. The van der Waals surface area contributed by atoms with Gasteiger partial charge in [0.25, 0.3) is 11.8 Å². The first-order chi connectivity index (χ1) is 18.4. The van der Waals surface area contributed by atoms with Crippen molar-refractivity contribution in [1.82, 2.24) is 20.5 Å². The standard InChI is InChI=1S/C28H25Cl2N5O3/c1-2-14-38-23-11-8-19(9-12-23)27-21(18-35(34-27)22-6-4-3-5-7-22)16-32-33-26(36)17-31-28(37)20-10-13-24(29)25(30)15-20/h3-13,15-16,18H,2,14,17H2,1H3,(H,31,37)(H,33,36)/b32-16-. The molecule has 0 bridgehead atoms. The van der Waals surface area contributed by atoms with E-state index in [4.69, 9.17) is 33.0 Å². The van der Waals surface area contributed by atoms with Gasteiger partial charge in [-0.25, -0.2) is 10.1 Å². The van der Waals surface area contributed by atoms with Crippen LogP contribution in [-0.4, -0.2) is 41.0 Å². The van der Waals surface area contributed by atoms with Crippen molar-refractivity contribution in [2.45, 2.75) is 13.3 Å². The van der Waals surface area contributed by atoms with Crippen molar-refractivity contribution in [3.05, 3.63) is 100 Å². The molecule has 1 heterocycles. The Balaban J connectivity index is 1.45. The van der Waals surface area contributed by atoms with Crippen molar-refractivity contribution in [2.75, 3.05) is 13.2 Å². The summed E-state index contributed by atoms with van der Waals surface area (Å²) in [5.41, 5.74) is 5.84. The van der Waals surface area contributed by atoms with Crippen LogP contribution in [-0.2, 0) is 4.79 Å². The van der Waals surface area contributed by atoms with E-state index in [9.17, 15) is 9.59 Å². The van der Waals surface area contributed by atoms with E-state index in [0.717, 1.165) is 23.4 Å². The molecule has 0 aliphatic heterocycles. The molecule has 0 aliphatic rings. The number of ether oxygens (including phenoxy) is 1. The minimum atomic E-state index is -0.496. The van der Waals surface area contributed by atoms with Crippen LogP contribution in [0.3, 0.4) is 0 Å².